The second-order valence-electron chi connectivity index (χ2n) is 8.18. The predicted octanol–water partition coefficient (Wildman–Crippen LogP) is 6.29. The third-order valence-electron chi connectivity index (χ3n) is 5.42. The Morgan fingerprint density at radius 1 is 1.06 bits per heavy atom. The number of hydrogen-bond acceptors (Lipinski definition) is 5. The topological polar surface area (TPSA) is 91.3 Å². The summed E-state index contributed by atoms with van der Waals surface area (Å²) in [6.45, 7) is 2.75. The lowest BCUT2D eigenvalue weighted by Gasteiger charge is -2.13. The van der Waals surface area contributed by atoms with Crippen molar-refractivity contribution in [1.29, 1.82) is 0 Å². The predicted molar refractivity (Wildman–Crippen MR) is 134 cm³/mol. The van der Waals surface area contributed by atoms with Gasteiger partial charge in [-0.3, -0.25) is 14.9 Å². The van der Waals surface area contributed by atoms with Crippen LogP contribution in [0.4, 0.5) is 15.2 Å². The standard InChI is InChI=1S/C26H30FN3O3S/c1-2-3-4-5-6-7-20-14-21(27)12-13-23(20)28-16-18-8-10-19(11-9-18)25(33)30-26-29-22(17-34-26)15-24(31)32/h8-14,17,28H,2-7,15-16H2,1H3,(H,31,32)(H,29,30,33). The van der Waals surface area contributed by atoms with Crippen LogP contribution in [0.15, 0.2) is 47.8 Å². The molecule has 0 spiro atoms. The number of benzene rings is 2. The molecular weight excluding hydrogens is 453 g/mol. The third kappa shape index (κ3) is 7.95. The minimum atomic E-state index is -0.966. The second kappa shape index (κ2) is 12.8. The number of amides is 1. The van der Waals surface area contributed by atoms with Gasteiger partial charge in [-0.05, 0) is 54.3 Å². The van der Waals surface area contributed by atoms with Crippen LogP contribution < -0.4 is 10.6 Å². The average molecular weight is 484 g/mol. The minimum absolute atomic E-state index is 0.178. The highest BCUT2D eigenvalue weighted by atomic mass is 32.1. The fraction of sp³-hybridized carbons (Fsp3) is 0.346. The van der Waals surface area contributed by atoms with Crippen molar-refractivity contribution in [3.63, 3.8) is 0 Å². The number of aryl methyl sites for hydroxylation is 1. The molecule has 0 unspecified atom stereocenters. The zero-order valence-electron chi connectivity index (χ0n) is 19.3. The third-order valence-corrected chi connectivity index (χ3v) is 6.23. The molecule has 0 radical (unpaired) electrons. The van der Waals surface area contributed by atoms with Gasteiger partial charge in [-0.25, -0.2) is 9.37 Å². The number of nitrogens with one attached hydrogen (secondary N) is 2. The van der Waals surface area contributed by atoms with E-state index < -0.39 is 5.97 Å². The summed E-state index contributed by atoms with van der Waals surface area (Å²) in [4.78, 5) is 27.4. The van der Waals surface area contributed by atoms with Crippen molar-refractivity contribution in [3.8, 4) is 0 Å². The van der Waals surface area contributed by atoms with E-state index in [2.05, 4.69) is 22.5 Å². The van der Waals surface area contributed by atoms with Crippen molar-refractivity contribution < 1.29 is 19.1 Å². The maximum atomic E-state index is 13.8. The van der Waals surface area contributed by atoms with Gasteiger partial charge in [0.15, 0.2) is 5.13 Å². The van der Waals surface area contributed by atoms with Gasteiger partial charge in [0, 0.05) is 23.2 Å². The van der Waals surface area contributed by atoms with E-state index in [1.807, 2.05) is 12.1 Å². The smallest absolute Gasteiger partial charge is 0.309 e. The molecule has 8 heteroatoms. The SMILES string of the molecule is CCCCCCCc1cc(F)ccc1NCc1ccc(C(=O)Nc2nc(CC(=O)O)cs2)cc1. The van der Waals surface area contributed by atoms with Gasteiger partial charge in [0.05, 0.1) is 12.1 Å². The van der Waals surface area contributed by atoms with Crippen LogP contribution in [-0.2, 0) is 24.2 Å². The first-order valence-electron chi connectivity index (χ1n) is 11.5. The number of carbonyl (C=O) groups excluding carboxylic acids is 1. The number of aromatic nitrogens is 1. The number of carbonyl (C=O) groups is 2. The van der Waals surface area contributed by atoms with Gasteiger partial charge in [0.25, 0.3) is 5.91 Å². The zero-order chi connectivity index (χ0) is 24.3. The van der Waals surface area contributed by atoms with Crippen LogP contribution in [0.25, 0.3) is 0 Å². The summed E-state index contributed by atoms with van der Waals surface area (Å²) in [5.74, 6) is -1.49. The fourth-order valence-corrected chi connectivity index (χ4v) is 4.31. The summed E-state index contributed by atoms with van der Waals surface area (Å²) in [5.41, 5.74) is 3.80. The van der Waals surface area contributed by atoms with Gasteiger partial charge >= 0.3 is 5.97 Å². The normalized spacial score (nSPS) is 10.8. The molecule has 1 heterocycles. The van der Waals surface area contributed by atoms with E-state index in [0.29, 0.717) is 22.9 Å². The summed E-state index contributed by atoms with van der Waals surface area (Å²) in [5, 5.41) is 16.9. The Hall–Kier alpha value is -3.26. The van der Waals surface area contributed by atoms with E-state index in [9.17, 15) is 14.0 Å². The molecule has 1 amide bonds. The number of anilines is 2. The Morgan fingerprint density at radius 3 is 2.56 bits per heavy atom. The molecular formula is C26H30FN3O3S. The summed E-state index contributed by atoms with van der Waals surface area (Å²) in [7, 11) is 0. The van der Waals surface area contributed by atoms with E-state index in [1.54, 1.807) is 29.6 Å². The molecule has 0 fully saturated rings. The molecule has 2 aromatic carbocycles. The number of nitrogens with zero attached hydrogens (tertiary/aromatic N) is 1. The van der Waals surface area contributed by atoms with E-state index in [-0.39, 0.29) is 18.1 Å². The van der Waals surface area contributed by atoms with Crippen LogP contribution in [0.3, 0.4) is 0 Å². The van der Waals surface area contributed by atoms with Crippen LogP contribution >= 0.6 is 11.3 Å². The van der Waals surface area contributed by atoms with Gasteiger partial charge in [0.1, 0.15) is 5.82 Å². The van der Waals surface area contributed by atoms with Crippen molar-refractivity contribution in [2.24, 2.45) is 0 Å². The Balaban J connectivity index is 1.54. The lowest BCUT2D eigenvalue weighted by atomic mass is 10.0. The number of unbranched alkanes of at least 4 members (excludes halogenated alkanes) is 4. The quantitative estimate of drug-likeness (QED) is 0.249. The average Bonchev–Trinajstić information content (AvgIpc) is 3.24. The number of halogens is 1. The highest BCUT2D eigenvalue weighted by molar-refractivity contribution is 7.14. The van der Waals surface area contributed by atoms with Gasteiger partial charge in [-0.2, -0.15) is 0 Å². The van der Waals surface area contributed by atoms with E-state index >= 15 is 0 Å². The van der Waals surface area contributed by atoms with Crippen molar-refractivity contribution in [2.75, 3.05) is 10.6 Å². The van der Waals surface area contributed by atoms with Crippen molar-refractivity contribution in [1.82, 2.24) is 4.98 Å². The van der Waals surface area contributed by atoms with Crippen LogP contribution in [0.5, 0.6) is 0 Å². The maximum absolute atomic E-state index is 13.8. The number of carboxylic acids is 1. The second-order valence-corrected chi connectivity index (χ2v) is 9.04. The molecule has 0 saturated heterocycles. The van der Waals surface area contributed by atoms with Gasteiger partial charge < -0.3 is 10.4 Å². The zero-order valence-corrected chi connectivity index (χ0v) is 20.1. The summed E-state index contributed by atoms with van der Waals surface area (Å²) in [6.07, 6.45) is 6.49. The highest BCUT2D eigenvalue weighted by Gasteiger charge is 2.11. The molecule has 3 rings (SSSR count). The van der Waals surface area contributed by atoms with Gasteiger partial charge in [0.2, 0.25) is 0 Å². The van der Waals surface area contributed by atoms with Crippen molar-refractivity contribution in [2.45, 2.75) is 58.4 Å². The molecule has 3 aromatic rings. The molecule has 34 heavy (non-hydrogen) atoms. The summed E-state index contributed by atoms with van der Waals surface area (Å²) >= 11 is 1.19. The largest absolute Gasteiger partial charge is 0.481 e. The first-order valence-corrected chi connectivity index (χ1v) is 12.4. The summed E-state index contributed by atoms with van der Waals surface area (Å²) in [6, 6.07) is 12.1. The van der Waals surface area contributed by atoms with E-state index in [0.717, 1.165) is 36.1 Å². The molecule has 0 aliphatic heterocycles. The lowest BCUT2D eigenvalue weighted by Crippen LogP contribution is -2.12. The molecule has 0 bridgehead atoms. The Bertz CT molecular complexity index is 1100. The first-order chi connectivity index (χ1) is 16.4. The van der Waals surface area contributed by atoms with Crippen molar-refractivity contribution >= 4 is 34.0 Å². The molecule has 0 aliphatic rings. The maximum Gasteiger partial charge on any atom is 0.309 e. The molecule has 3 N–H and O–H groups in total. The number of carboxylic acid groups (broad SMARTS) is 1. The van der Waals surface area contributed by atoms with Crippen LogP contribution in [-0.4, -0.2) is 22.0 Å². The first kappa shape index (κ1) is 25.4. The van der Waals surface area contributed by atoms with Crippen molar-refractivity contribution in [3.05, 3.63) is 76.0 Å². The fourth-order valence-electron chi connectivity index (χ4n) is 3.60. The summed E-state index contributed by atoms with van der Waals surface area (Å²) < 4.78 is 13.8. The van der Waals surface area contributed by atoms with Crippen LogP contribution in [0.2, 0.25) is 0 Å². The molecule has 6 nitrogen and oxygen atoms in total. The van der Waals surface area contributed by atoms with E-state index in [4.69, 9.17) is 5.11 Å². The monoisotopic (exact) mass is 483 g/mol. The Labute approximate surface area is 203 Å². The number of rotatable bonds is 13. The number of thiazole rings is 1. The Kier molecular flexibility index (Phi) is 9.58. The number of aliphatic carboxylic acids is 1. The molecule has 0 aliphatic carbocycles. The minimum Gasteiger partial charge on any atom is -0.481 e. The van der Waals surface area contributed by atoms with Crippen LogP contribution in [0.1, 0.15) is 66.2 Å². The van der Waals surface area contributed by atoms with Gasteiger partial charge in [-0.15, -0.1) is 11.3 Å². The van der Waals surface area contributed by atoms with E-state index in [1.165, 1.54) is 36.7 Å². The van der Waals surface area contributed by atoms with Gasteiger partial charge in [-0.1, -0.05) is 44.7 Å². The van der Waals surface area contributed by atoms with Crippen LogP contribution in [0, 0.1) is 5.82 Å². The number of hydrogen-bond donors (Lipinski definition) is 3. The molecule has 1 aromatic heterocycles. The highest BCUT2D eigenvalue weighted by Crippen LogP contribution is 2.22. The Morgan fingerprint density at radius 2 is 1.82 bits per heavy atom. The molecule has 0 atom stereocenters. The molecule has 0 saturated carbocycles. The molecule has 180 valence electrons. The lowest BCUT2D eigenvalue weighted by molar-refractivity contribution is -0.136.